The number of benzene rings is 2. The van der Waals surface area contributed by atoms with Crippen molar-refractivity contribution in [3.63, 3.8) is 0 Å². The van der Waals surface area contributed by atoms with Crippen LogP contribution in [0.4, 0.5) is 5.69 Å². The molecule has 27 heavy (non-hydrogen) atoms. The Labute approximate surface area is 175 Å². The second-order valence-corrected chi connectivity index (χ2v) is 8.94. The third-order valence-corrected chi connectivity index (χ3v) is 6.24. The molecule has 0 atom stereocenters. The van der Waals surface area contributed by atoms with Gasteiger partial charge in [0.2, 0.25) is 5.91 Å². The van der Waals surface area contributed by atoms with Crippen LogP contribution in [0, 0.1) is 0 Å². The van der Waals surface area contributed by atoms with Gasteiger partial charge in [-0.2, -0.15) is 0 Å². The predicted octanol–water partition coefficient (Wildman–Crippen LogP) is 4.42. The molecule has 1 saturated heterocycles. The fourth-order valence-corrected chi connectivity index (χ4v) is 4.56. The SMILES string of the molecule is O=C1NC(=S)S/C1=C/c1cccc2c1CCC(=O)N2Cc1ccc(Br)cc1. The third-order valence-electron chi connectivity index (χ3n) is 4.55. The molecule has 2 aromatic carbocycles. The fourth-order valence-electron chi connectivity index (χ4n) is 3.26. The van der Waals surface area contributed by atoms with Crippen molar-refractivity contribution in [3.05, 3.63) is 68.5 Å². The Kier molecular flexibility index (Phi) is 5.16. The normalized spacial score (nSPS) is 18.0. The highest BCUT2D eigenvalue weighted by molar-refractivity contribution is 9.10. The maximum absolute atomic E-state index is 12.6. The van der Waals surface area contributed by atoms with Crippen molar-refractivity contribution >= 4 is 67.8 Å². The number of carbonyl (C=O) groups excluding carboxylic acids is 2. The van der Waals surface area contributed by atoms with E-state index in [4.69, 9.17) is 12.2 Å². The second kappa shape index (κ2) is 7.58. The number of rotatable bonds is 3. The van der Waals surface area contributed by atoms with Crippen LogP contribution in [-0.2, 0) is 22.6 Å². The van der Waals surface area contributed by atoms with Crippen molar-refractivity contribution in [1.29, 1.82) is 0 Å². The van der Waals surface area contributed by atoms with E-state index >= 15 is 0 Å². The monoisotopic (exact) mass is 458 g/mol. The first-order valence-corrected chi connectivity index (χ1v) is 10.4. The van der Waals surface area contributed by atoms with Crippen LogP contribution in [0.15, 0.2) is 51.8 Å². The topological polar surface area (TPSA) is 49.4 Å². The summed E-state index contributed by atoms with van der Waals surface area (Å²) in [7, 11) is 0. The minimum atomic E-state index is -0.166. The minimum absolute atomic E-state index is 0.115. The van der Waals surface area contributed by atoms with Crippen LogP contribution in [0.3, 0.4) is 0 Å². The van der Waals surface area contributed by atoms with E-state index in [0.717, 1.165) is 26.9 Å². The van der Waals surface area contributed by atoms with Gasteiger partial charge in [-0.05, 0) is 47.4 Å². The number of halogens is 1. The number of hydrogen-bond donors (Lipinski definition) is 1. The van der Waals surface area contributed by atoms with Crippen LogP contribution in [0.1, 0.15) is 23.1 Å². The van der Waals surface area contributed by atoms with E-state index in [1.165, 1.54) is 11.8 Å². The molecular formula is C20H15BrN2O2S2. The van der Waals surface area contributed by atoms with Crippen molar-refractivity contribution in [2.24, 2.45) is 0 Å². The Morgan fingerprint density at radius 2 is 1.93 bits per heavy atom. The molecular weight excluding hydrogens is 444 g/mol. The lowest BCUT2D eigenvalue weighted by atomic mass is 9.95. The van der Waals surface area contributed by atoms with E-state index < -0.39 is 0 Å². The largest absolute Gasteiger partial charge is 0.308 e. The molecule has 0 radical (unpaired) electrons. The predicted molar refractivity (Wildman–Crippen MR) is 116 cm³/mol. The van der Waals surface area contributed by atoms with E-state index in [0.29, 0.717) is 28.6 Å². The zero-order valence-electron chi connectivity index (χ0n) is 14.2. The Hall–Kier alpha value is -1.96. The Morgan fingerprint density at radius 3 is 2.63 bits per heavy atom. The molecule has 0 aromatic heterocycles. The number of anilines is 1. The summed E-state index contributed by atoms with van der Waals surface area (Å²) in [5.41, 5.74) is 4.03. The van der Waals surface area contributed by atoms with Gasteiger partial charge < -0.3 is 10.2 Å². The van der Waals surface area contributed by atoms with Gasteiger partial charge in [0, 0.05) is 16.6 Å². The quantitative estimate of drug-likeness (QED) is 0.546. The van der Waals surface area contributed by atoms with Gasteiger partial charge in [-0.3, -0.25) is 9.59 Å². The lowest BCUT2D eigenvalue weighted by Gasteiger charge is -2.30. The molecule has 2 aromatic rings. The molecule has 0 aliphatic carbocycles. The average Bonchev–Trinajstić information content (AvgIpc) is 2.96. The number of thiocarbonyl (C=S) groups is 1. The highest BCUT2D eigenvalue weighted by atomic mass is 79.9. The minimum Gasteiger partial charge on any atom is -0.308 e. The van der Waals surface area contributed by atoms with Crippen LogP contribution in [-0.4, -0.2) is 16.1 Å². The number of carbonyl (C=O) groups is 2. The summed E-state index contributed by atoms with van der Waals surface area (Å²) in [6, 6.07) is 13.9. The molecule has 0 saturated carbocycles. The maximum Gasteiger partial charge on any atom is 0.263 e. The first-order chi connectivity index (χ1) is 13.0. The Balaban J connectivity index is 1.70. The molecule has 0 unspecified atom stereocenters. The molecule has 0 spiro atoms. The Bertz CT molecular complexity index is 986. The first kappa shape index (κ1) is 18.4. The molecule has 2 amide bonds. The van der Waals surface area contributed by atoms with Crippen LogP contribution in [0.2, 0.25) is 0 Å². The summed E-state index contributed by atoms with van der Waals surface area (Å²) in [4.78, 5) is 27.0. The smallest absolute Gasteiger partial charge is 0.263 e. The number of nitrogens with zero attached hydrogens (tertiary/aromatic N) is 1. The van der Waals surface area contributed by atoms with Gasteiger partial charge in [0.1, 0.15) is 4.32 Å². The summed E-state index contributed by atoms with van der Waals surface area (Å²) in [6.07, 6.45) is 2.99. The van der Waals surface area contributed by atoms with E-state index in [1.807, 2.05) is 53.4 Å². The molecule has 0 bridgehead atoms. The molecule has 7 heteroatoms. The summed E-state index contributed by atoms with van der Waals surface area (Å²) < 4.78 is 1.49. The Morgan fingerprint density at radius 1 is 1.15 bits per heavy atom. The van der Waals surface area contributed by atoms with E-state index in [-0.39, 0.29) is 11.8 Å². The van der Waals surface area contributed by atoms with Crippen LogP contribution < -0.4 is 10.2 Å². The van der Waals surface area contributed by atoms with E-state index in [2.05, 4.69) is 21.2 Å². The van der Waals surface area contributed by atoms with Gasteiger partial charge in [-0.1, -0.05) is 64.2 Å². The van der Waals surface area contributed by atoms with Crippen LogP contribution in [0.5, 0.6) is 0 Å². The highest BCUT2D eigenvalue weighted by Crippen LogP contribution is 2.34. The summed E-state index contributed by atoms with van der Waals surface area (Å²) in [6.45, 7) is 0.526. The number of nitrogens with one attached hydrogen (secondary N) is 1. The molecule has 4 nitrogen and oxygen atoms in total. The van der Waals surface area contributed by atoms with E-state index in [1.54, 1.807) is 0 Å². The van der Waals surface area contributed by atoms with Gasteiger partial charge in [0.05, 0.1) is 11.4 Å². The standard InChI is InChI=1S/C20H15BrN2O2S2/c21-14-6-4-12(5-7-14)11-23-16-3-1-2-13(15(16)8-9-18(23)24)10-17-19(25)22-20(26)27-17/h1-7,10H,8-9,11H2,(H,22,25,26)/b17-10+. The summed E-state index contributed by atoms with van der Waals surface area (Å²) in [5, 5.41) is 2.64. The number of amides is 2. The summed E-state index contributed by atoms with van der Waals surface area (Å²) >= 11 is 9.77. The van der Waals surface area contributed by atoms with Crippen molar-refractivity contribution in [2.45, 2.75) is 19.4 Å². The number of thioether (sulfide) groups is 1. The highest BCUT2D eigenvalue weighted by Gasteiger charge is 2.27. The second-order valence-electron chi connectivity index (χ2n) is 6.30. The molecule has 1 fully saturated rings. The van der Waals surface area contributed by atoms with Crippen molar-refractivity contribution in [3.8, 4) is 0 Å². The molecule has 136 valence electrons. The van der Waals surface area contributed by atoms with E-state index in [9.17, 15) is 9.59 Å². The molecule has 1 N–H and O–H groups in total. The molecule has 2 heterocycles. The van der Waals surface area contributed by atoms with Gasteiger partial charge in [0.25, 0.3) is 5.91 Å². The van der Waals surface area contributed by atoms with Crippen molar-refractivity contribution in [1.82, 2.24) is 5.32 Å². The number of hydrogen-bond acceptors (Lipinski definition) is 4. The number of fused-ring (bicyclic) bond motifs is 1. The van der Waals surface area contributed by atoms with Crippen LogP contribution in [0.25, 0.3) is 6.08 Å². The average molecular weight is 459 g/mol. The third kappa shape index (κ3) is 3.85. The first-order valence-electron chi connectivity index (χ1n) is 8.43. The van der Waals surface area contributed by atoms with Crippen molar-refractivity contribution < 1.29 is 9.59 Å². The van der Waals surface area contributed by atoms with Gasteiger partial charge in [-0.25, -0.2) is 0 Å². The van der Waals surface area contributed by atoms with Gasteiger partial charge >= 0.3 is 0 Å². The fraction of sp³-hybridized carbons (Fsp3) is 0.150. The lowest BCUT2D eigenvalue weighted by molar-refractivity contribution is -0.119. The summed E-state index contributed by atoms with van der Waals surface area (Å²) in [5.74, 6) is -0.0504. The maximum atomic E-state index is 12.6. The molecule has 2 aliphatic heterocycles. The van der Waals surface area contributed by atoms with Gasteiger partial charge in [-0.15, -0.1) is 0 Å². The molecule has 2 aliphatic rings. The van der Waals surface area contributed by atoms with Gasteiger partial charge in [0.15, 0.2) is 0 Å². The lowest BCUT2D eigenvalue weighted by Crippen LogP contribution is -2.34. The molecule has 4 rings (SSSR count). The zero-order valence-corrected chi connectivity index (χ0v) is 17.4. The zero-order chi connectivity index (χ0) is 19.0. The van der Waals surface area contributed by atoms with Crippen LogP contribution >= 0.6 is 39.9 Å². The van der Waals surface area contributed by atoms with Crippen molar-refractivity contribution in [2.75, 3.05) is 4.90 Å².